The van der Waals surface area contributed by atoms with Gasteiger partial charge in [0.05, 0.1) is 5.69 Å². The van der Waals surface area contributed by atoms with Gasteiger partial charge in [0, 0.05) is 10.8 Å². The predicted octanol–water partition coefficient (Wildman–Crippen LogP) is 0.162. The van der Waals surface area contributed by atoms with E-state index in [0.29, 0.717) is 6.07 Å². The molecule has 0 aromatic heterocycles. The van der Waals surface area contributed by atoms with Crippen molar-refractivity contribution in [1.82, 2.24) is 0 Å². The molecule has 0 atom stereocenters. The maximum atomic E-state index is 11.5. The Balaban J connectivity index is 3.23. The van der Waals surface area contributed by atoms with Crippen molar-refractivity contribution in [3.8, 4) is 0 Å². The van der Waals surface area contributed by atoms with E-state index in [1.54, 1.807) is 0 Å². The number of nitrogen functional groups attached to an aromatic ring is 1. The van der Waals surface area contributed by atoms with Crippen LogP contribution in [-0.2, 0) is 30.4 Å². The zero-order valence-electron chi connectivity index (χ0n) is 10.9. The minimum atomic E-state index is -5.17. The van der Waals surface area contributed by atoms with Gasteiger partial charge in [0.15, 0.2) is 0 Å². The van der Waals surface area contributed by atoms with Crippen molar-refractivity contribution in [3.05, 3.63) is 24.3 Å². The Morgan fingerprint density at radius 2 is 1.09 bits per heavy atom. The molecule has 0 amide bonds. The summed E-state index contributed by atoms with van der Waals surface area (Å²) >= 11 is 0. The fourth-order valence-electron chi connectivity index (χ4n) is 2.10. The summed E-state index contributed by atoms with van der Waals surface area (Å²) in [5.74, 6) is 0. The van der Waals surface area contributed by atoms with Gasteiger partial charge < -0.3 is 5.73 Å². The number of fused-ring (bicyclic) bond motifs is 1. The average molecular weight is 383 g/mol. The molecule has 0 aliphatic heterocycles. The van der Waals surface area contributed by atoms with E-state index in [0.717, 1.165) is 18.2 Å². The second kappa shape index (κ2) is 5.12. The van der Waals surface area contributed by atoms with Gasteiger partial charge in [-0.2, -0.15) is 25.3 Å². The van der Waals surface area contributed by atoms with E-state index in [9.17, 15) is 34.4 Å². The molecule has 10 nitrogen and oxygen atoms in total. The summed E-state index contributed by atoms with van der Waals surface area (Å²) < 4.78 is 95.9. The lowest BCUT2D eigenvalue weighted by Gasteiger charge is -2.12. The van der Waals surface area contributed by atoms with E-state index in [1.165, 1.54) is 0 Å². The van der Waals surface area contributed by atoms with E-state index in [-0.39, 0.29) is 0 Å². The highest BCUT2D eigenvalue weighted by Crippen LogP contribution is 2.35. The van der Waals surface area contributed by atoms with E-state index >= 15 is 0 Å². The molecule has 0 fully saturated rings. The maximum Gasteiger partial charge on any atom is 0.297 e. The molecule has 5 N–H and O–H groups in total. The molecule has 0 heterocycles. The molecule has 23 heavy (non-hydrogen) atoms. The summed E-state index contributed by atoms with van der Waals surface area (Å²) in [6, 6.07) is 3.21. The molecule has 2 aromatic rings. The molecule has 2 aromatic carbocycles. The van der Waals surface area contributed by atoms with Crippen LogP contribution in [0.15, 0.2) is 39.0 Å². The average Bonchev–Trinajstić information content (AvgIpc) is 2.32. The van der Waals surface area contributed by atoms with E-state index < -0.39 is 61.5 Å². The Kier molecular flexibility index (Phi) is 3.91. The fourth-order valence-corrected chi connectivity index (χ4v) is 4.92. The third-order valence-electron chi connectivity index (χ3n) is 2.89. The first kappa shape index (κ1) is 17.6. The van der Waals surface area contributed by atoms with Gasteiger partial charge >= 0.3 is 0 Å². The summed E-state index contributed by atoms with van der Waals surface area (Å²) in [7, 11) is -15.1. The van der Waals surface area contributed by atoms with Crippen molar-refractivity contribution in [3.63, 3.8) is 0 Å². The minimum Gasteiger partial charge on any atom is -0.398 e. The Labute approximate surface area is 130 Å². The monoisotopic (exact) mass is 383 g/mol. The third-order valence-corrected chi connectivity index (χ3v) is 5.84. The molecule has 0 saturated carbocycles. The molecule has 0 aliphatic carbocycles. The molecule has 0 unspecified atom stereocenters. The van der Waals surface area contributed by atoms with Crippen LogP contribution >= 0.6 is 0 Å². The van der Waals surface area contributed by atoms with Crippen LogP contribution in [0.5, 0.6) is 0 Å². The quantitative estimate of drug-likeness (QED) is 0.419. The molecule has 13 heteroatoms. The first-order valence-electron chi connectivity index (χ1n) is 5.52. The van der Waals surface area contributed by atoms with Gasteiger partial charge in [-0.15, -0.1) is 0 Å². The molecule has 2 rings (SSSR count). The zero-order valence-corrected chi connectivity index (χ0v) is 13.4. The molecular formula is C10H9NO9S3. The number of benzene rings is 2. The molecule has 0 bridgehead atoms. The van der Waals surface area contributed by atoms with Crippen LogP contribution in [0.2, 0.25) is 0 Å². The van der Waals surface area contributed by atoms with Crippen molar-refractivity contribution < 1.29 is 38.9 Å². The van der Waals surface area contributed by atoms with Crippen LogP contribution in [0.3, 0.4) is 0 Å². The van der Waals surface area contributed by atoms with Crippen molar-refractivity contribution in [1.29, 1.82) is 0 Å². The molecule has 0 saturated heterocycles. The highest BCUT2D eigenvalue weighted by Gasteiger charge is 2.29. The van der Waals surface area contributed by atoms with Crippen LogP contribution in [-0.4, -0.2) is 38.9 Å². The first-order chi connectivity index (χ1) is 10.2. The lowest BCUT2D eigenvalue weighted by Crippen LogP contribution is -2.11. The summed E-state index contributed by atoms with van der Waals surface area (Å²) in [6.07, 6.45) is 0. The highest BCUT2D eigenvalue weighted by molar-refractivity contribution is 7.89. The van der Waals surface area contributed by atoms with E-state index in [2.05, 4.69) is 0 Å². The lowest BCUT2D eigenvalue weighted by atomic mass is 10.1. The minimum absolute atomic E-state index is 0.430. The number of hydrogen-bond donors (Lipinski definition) is 4. The third kappa shape index (κ3) is 3.15. The summed E-state index contributed by atoms with van der Waals surface area (Å²) in [4.78, 5) is -3.25. The van der Waals surface area contributed by atoms with Gasteiger partial charge in [-0.05, 0) is 12.1 Å². The van der Waals surface area contributed by atoms with Crippen LogP contribution in [0.4, 0.5) is 5.69 Å². The van der Waals surface area contributed by atoms with Crippen molar-refractivity contribution in [2.75, 3.05) is 5.73 Å². The summed E-state index contributed by atoms with van der Waals surface area (Å²) in [5.41, 5.74) is 5.01. The van der Waals surface area contributed by atoms with Crippen LogP contribution in [0.25, 0.3) is 10.8 Å². The Bertz CT molecular complexity index is 1130. The van der Waals surface area contributed by atoms with Gasteiger partial charge in [0.2, 0.25) is 0 Å². The first-order valence-corrected chi connectivity index (χ1v) is 9.84. The van der Waals surface area contributed by atoms with E-state index in [1.807, 2.05) is 0 Å². The van der Waals surface area contributed by atoms with E-state index in [4.69, 9.17) is 10.3 Å². The normalized spacial score (nSPS) is 13.3. The number of rotatable bonds is 3. The maximum absolute atomic E-state index is 11.5. The second-order valence-electron chi connectivity index (χ2n) is 4.40. The molecule has 0 radical (unpaired) electrons. The number of nitrogens with two attached hydrogens (primary N) is 1. The largest absolute Gasteiger partial charge is 0.398 e. The standard InChI is InChI=1S/C10H9NO9S3/c11-7-3-1-6-5(9(7)22(15,16)17)2-4-8(21(12,13)14)10(6)23(18,19)20/h1-4H,11H2,(H,12,13,14)(H,15,16,17)(H,18,19,20). The molecular weight excluding hydrogens is 374 g/mol. The molecule has 126 valence electrons. The Hall–Kier alpha value is -1.77. The number of hydrogen-bond acceptors (Lipinski definition) is 7. The smallest absolute Gasteiger partial charge is 0.297 e. The van der Waals surface area contributed by atoms with Crippen molar-refractivity contribution in [2.45, 2.75) is 14.7 Å². The summed E-state index contributed by atoms with van der Waals surface area (Å²) in [5, 5.41) is -1.02. The van der Waals surface area contributed by atoms with Gasteiger partial charge in [-0.25, -0.2) is 0 Å². The second-order valence-corrected chi connectivity index (χ2v) is 8.50. The number of anilines is 1. The van der Waals surface area contributed by atoms with Crippen LogP contribution in [0, 0.1) is 0 Å². The lowest BCUT2D eigenvalue weighted by molar-refractivity contribution is 0.467. The van der Waals surface area contributed by atoms with Gasteiger partial charge in [0.25, 0.3) is 30.4 Å². The topological polar surface area (TPSA) is 189 Å². The highest BCUT2D eigenvalue weighted by atomic mass is 32.2. The van der Waals surface area contributed by atoms with Crippen molar-refractivity contribution in [2.24, 2.45) is 0 Å². The Morgan fingerprint density at radius 3 is 1.52 bits per heavy atom. The van der Waals surface area contributed by atoms with Gasteiger partial charge in [0.1, 0.15) is 14.7 Å². The van der Waals surface area contributed by atoms with Crippen molar-refractivity contribution >= 4 is 46.8 Å². The Morgan fingerprint density at radius 1 is 0.652 bits per heavy atom. The SMILES string of the molecule is Nc1ccc2c(S(=O)(=O)O)c(S(=O)(=O)O)ccc2c1S(=O)(=O)O. The predicted molar refractivity (Wildman–Crippen MR) is 77.8 cm³/mol. The van der Waals surface area contributed by atoms with Crippen LogP contribution in [0.1, 0.15) is 0 Å². The fraction of sp³-hybridized carbons (Fsp3) is 0. The van der Waals surface area contributed by atoms with Gasteiger partial charge in [-0.3, -0.25) is 13.7 Å². The van der Waals surface area contributed by atoms with Gasteiger partial charge in [-0.1, -0.05) is 12.1 Å². The molecule has 0 aliphatic rings. The zero-order chi connectivity index (χ0) is 17.8. The summed E-state index contributed by atoms with van der Waals surface area (Å²) in [6.45, 7) is 0. The van der Waals surface area contributed by atoms with Crippen LogP contribution < -0.4 is 5.73 Å². The molecule has 0 spiro atoms.